The Morgan fingerprint density at radius 2 is 1.06 bits per heavy atom. The van der Waals surface area contributed by atoms with Crippen molar-refractivity contribution in [3.8, 4) is 0 Å². The summed E-state index contributed by atoms with van der Waals surface area (Å²) in [7, 11) is -2.42. The van der Waals surface area contributed by atoms with Crippen molar-refractivity contribution in [3.05, 3.63) is 60.7 Å². The summed E-state index contributed by atoms with van der Waals surface area (Å²) in [5.74, 6) is 2.95. The number of hydrogen-bond donors (Lipinski definition) is 0. The quantitative estimate of drug-likeness (QED) is 0.300. The molecule has 0 bridgehead atoms. The van der Waals surface area contributed by atoms with E-state index in [0.29, 0.717) is 5.92 Å². The molecule has 4 atom stereocenters. The Balaban J connectivity index is 2.17. The highest BCUT2D eigenvalue weighted by Gasteiger charge is 2.50. The molecule has 2 aromatic rings. The molecule has 1 nitrogen and oxygen atoms in total. The summed E-state index contributed by atoms with van der Waals surface area (Å²) in [5, 5.41) is 2.80. The van der Waals surface area contributed by atoms with Crippen molar-refractivity contribution in [2.45, 2.75) is 86.1 Å². The molecule has 0 saturated carbocycles. The lowest BCUT2D eigenvalue weighted by Crippen LogP contribution is -2.66. The van der Waals surface area contributed by atoms with Crippen LogP contribution in [0.4, 0.5) is 0 Å². The molecule has 0 N–H and O–H groups in total. The van der Waals surface area contributed by atoms with Crippen LogP contribution in [-0.4, -0.2) is 14.9 Å². The third-order valence-corrected chi connectivity index (χ3v) is 12.1. The minimum Gasteiger partial charge on any atom is -0.407 e. The predicted molar refractivity (Wildman–Crippen MR) is 144 cm³/mol. The van der Waals surface area contributed by atoms with Crippen molar-refractivity contribution in [1.29, 1.82) is 0 Å². The smallest absolute Gasteiger partial charge is 0.261 e. The standard InChI is InChI=1S/C30H48OSi/c1-9-24(2)20-25(3)21-26(4)22-27(5)23-31-32(30(6,7)8,28-16-12-10-13-17-28)29-18-14-11-15-19-29/h10-19,24-27H,9,20-23H2,1-8H3/t24-,25-,26-,27-/m1/s1. The molecule has 0 heterocycles. The van der Waals surface area contributed by atoms with Crippen LogP contribution in [0.1, 0.15) is 81.1 Å². The van der Waals surface area contributed by atoms with E-state index in [1.54, 1.807) is 0 Å². The number of rotatable bonds is 12. The van der Waals surface area contributed by atoms with Crippen molar-refractivity contribution in [3.63, 3.8) is 0 Å². The second-order valence-electron chi connectivity index (χ2n) is 11.5. The Morgan fingerprint density at radius 1 is 0.656 bits per heavy atom. The van der Waals surface area contributed by atoms with E-state index in [4.69, 9.17) is 4.43 Å². The Kier molecular flexibility index (Phi) is 10.2. The Bertz CT molecular complexity index is 725. The van der Waals surface area contributed by atoms with Crippen molar-refractivity contribution in [1.82, 2.24) is 0 Å². The molecule has 0 aliphatic carbocycles. The van der Waals surface area contributed by atoms with E-state index in [1.165, 1.54) is 36.1 Å². The maximum Gasteiger partial charge on any atom is 0.261 e. The summed E-state index contributed by atoms with van der Waals surface area (Å²) in [4.78, 5) is 0. The van der Waals surface area contributed by atoms with Gasteiger partial charge in [0, 0.05) is 6.61 Å². The number of hydrogen-bond acceptors (Lipinski definition) is 1. The van der Waals surface area contributed by atoms with Gasteiger partial charge in [-0.3, -0.25) is 0 Å². The van der Waals surface area contributed by atoms with Gasteiger partial charge in [0.1, 0.15) is 0 Å². The SMILES string of the molecule is CC[C@@H](C)C[C@@H](C)C[C@@H](C)C[C@@H](C)CO[Si](c1ccccc1)(c1ccccc1)C(C)(C)C. The Morgan fingerprint density at radius 3 is 1.47 bits per heavy atom. The van der Waals surface area contributed by atoms with Crippen molar-refractivity contribution < 1.29 is 4.43 Å². The van der Waals surface area contributed by atoms with E-state index in [9.17, 15) is 0 Å². The Labute approximate surface area is 200 Å². The molecule has 2 aromatic carbocycles. The zero-order valence-corrected chi connectivity index (χ0v) is 23.0. The van der Waals surface area contributed by atoms with Gasteiger partial charge in [-0.1, -0.05) is 122 Å². The average molecular weight is 453 g/mol. The molecule has 0 radical (unpaired) electrons. The zero-order chi connectivity index (χ0) is 23.8. The van der Waals surface area contributed by atoms with E-state index in [1.807, 2.05) is 0 Å². The van der Waals surface area contributed by atoms with E-state index in [0.717, 1.165) is 24.4 Å². The molecular weight excluding hydrogens is 404 g/mol. The topological polar surface area (TPSA) is 9.23 Å². The van der Waals surface area contributed by atoms with Crippen LogP contribution in [0.3, 0.4) is 0 Å². The van der Waals surface area contributed by atoms with Crippen LogP contribution in [0.15, 0.2) is 60.7 Å². The van der Waals surface area contributed by atoms with Gasteiger partial charge in [-0.15, -0.1) is 0 Å². The van der Waals surface area contributed by atoms with Crippen LogP contribution in [0.2, 0.25) is 5.04 Å². The number of benzene rings is 2. The van der Waals surface area contributed by atoms with Gasteiger partial charge >= 0.3 is 0 Å². The van der Waals surface area contributed by atoms with Crippen LogP contribution in [-0.2, 0) is 4.43 Å². The van der Waals surface area contributed by atoms with Crippen LogP contribution in [0.25, 0.3) is 0 Å². The minimum atomic E-state index is -2.42. The average Bonchev–Trinajstić information content (AvgIpc) is 2.74. The van der Waals surface area contributed by atoms with Gasteiger partial charge in [0.15, 0.2) is 0 Å². The van der Waals surface area contributed by atoms with Gasteiger partial charge in [0.05, 0.1) is 0 Å². The molecule has 0 saturated heterocycles. The lowest BCUT2D eigenvalue weighted by Gasteiger charge is -2.43. The largest absolute Gasteiger partial charge is 0.407 e. The predicted octanol–water partition coefficient (Wildman–Crippen LogP) is 7.69. The monoisotopic (exact) mass is 452 g/mol. The second kappa shape index (κ2) is 12.2. The summed E-state index contributed by atoms with van der Waals surface area (Å²) < 4.78 is 7.15. The summed E-state index contributed by atoms with van der Waals surface area (Å²) in [5.41, 5.74) is 0. The fourth-order valence-electron chi connectivity index (χ4n) is 5.52. The molecule has 178 valence electrons. The molecule has 0 aromatic heterocycles. The van der Waals surface area contributed by atoms with E-state index >= 15 is 0 Å². The minimum absolute atomic E-state index is 0.0475. The van der Waals surface area contributed by atoms with Gasteiger partial charge in [-0.05, 0) is 58.3 Å². The molecule has 32 heavy (non-hydrogen) atoms. The lowest BCUT2D eigenvalue weighted by atomic mass is 9.85. The molecular formula is C30H48OSi. The first kappa shape index (κ1) is 26.9. The zero-order valence-electron chi connectivity index (χ0n) is 22.0. The molecule has 2 heteroatoms. The maximum atomic E-state index is 7.15. The summed E-state index contributed by atoms with van der Waals surface area (Å²) >= 11 is 0. The first-order chi connectivity index (χ1) is 15.1. The highest BCUT2D eigenvalue weighted by atomic mass is 28.4. The van der Waals surface area contributed by atoms with Gasteiger partial charge in [0.2, 0.25) is 0 Å². The first-order valence-corrected chi connectivity index (χ1v) is 14.8. The molecule has 0 aliphatic heterocycles. The molecule has 0 unspecified atom stereocenters. The lowest BCUT2D eigenvalue weighted by molar-refractivity contribution is 0.212. The molecule has 2 rings (SSSR count). The fraction of sp³-hybridized carbons (Fsp3) is 0.600. The molecule has 0 aliphatic rings. The summed E-state index contributed by atoms with van der Waals surface area (Å²) in [6.45, 7) is 19.9. The van der Waals surface area contributed by atoms with Crippen LogP contribution >= 0.6 is 0 Å². The summed E-state index contributed by atoms with van der Waals surface area (Å²) in [6.07, 6.45) is 5.21. The highest BCUT2D eigenvalue weighted by molar-refractivity contribution is 6.99. The Hall–Kier alpha value is -1.38. The summed E-state index contributed by atoms with van der Waals surface area (Å²) in [6, 6.07) is 22.0. The maximum absolute atomic E-state index is 7.15. The van der Waals surface area contributed by atoms with Gasteiger partial charge < -0.3 is 4.43 Å². The van der Waals surface area contributed by atoms with Gasteiger partial charge in [-0.2, -0.15) is 0 Å². The molecule has 0 fully saturated rings. The normalized spacial score (nSPS) is 16.4. The van der Waals surface area contributed by atoms with Gasteiger partial charge in [0.25, 0.3) is 8.32 Å². The molecule has 0 spiro atoms. The third-order valence-electron chi connectivity index (χ3n) is 7.11. The molecule has 0 amide bonds. The van der Waals surface area contributed by atoms with Crippen molar-refractivity contribution >= 4 is 18.7 Å². The van der Waals surface area contributed by atoms with E-state index < -0.39 is 8.32 Å². The van der Waals surface area contributed by atoms with Crippen LogP contribution in [0.5, 0.6) is 0 Å². The van der Waals surface area contributed by atoms with Crippen molar-refractivity contribution in [2.24, 2.45) is 23.7 Å². The van der Waals surface area contributed by atoms with Crippen molar-refractivity contribution in [2.75, 3.05) is 6.61 Å². The highest BCUT2D eigenvalue weighted by Crippen LogP contribution is 2.37. The van der Waals surface area contributed by atoms with Gasteiger partial charge in [-0.25, -0.2) is 0 Å². The fourth-order valence-corrected chi connectivity index (χ4v) is 10.2. The van der Waals surface area contributed by atoms with E-state index in [2.05, 4.69) is 116 Å². The van der Waals surface area contributed by atoms with Crippen LogP contribution in [0, 0.1) is 23.7 Å². The van der Waals surface area contributed by atoms with Crippen LogP contribution < -0.4 is 10.4 Å². The third kappa shape index (κ3) is 7.06. The first-order valence-electron chi connectivity index (χ1n) is 12.8. The van der Waals surface area contributed by atoms with E-state index in [-0.39, 0.29) is 5.04 Å². The second-order valence-corrected chi connectivity index (χ2v) is 15.8.